The molecule has 1 rings (SSSR count). The van der Waals surface area contributed by atoms with Crippen molar-refractivity contribution in [3.8, 4) is 0 Å². The molecule has 0 aliphatic carbocycles. The number of amides is 3. The van der Waals surface area contributed by atoms with Crippen molar-refractivity contribution in [2.45, 2.75) is 151 Å². The first-order valence-electron chi connectivity index (χ1n) is 16.7. The Morgan fingerprint density at radius 2 is 1.37 bits per heavy atom. The van der Waals surface area contributed by atoms with Crippen molar-refractivity contribution >= 4 is 18.2 Å². The molecule has 3 amide bonds. The summed E-state index contributed by atoms with van der Waals surface area (Å²) in [5.74, 6) is -0.114. The highest BCUT2D eigenvalue weighted by atomic mass is 16.2. The summed E-state index contributed by atoms with van der Waals surface area (Å²) in [6.45, 7) is 20.1. The molecule has 0 saturated carbocycles. The quantitative estimate of drug-likeness (QED) is 0.103. The molecule has 1 fully saturated rings. The topological polar surface area (TPSA) is 81.8 Å². The zero-order valence-corrected chi connectivity index (χ0v) is 28.5. The number of hydrogen-bond donors (Lipinski definition) is 2. The van der Waals surface area contributed by atoms with Gasteiger partial charge in [0.1, 0.15) is 0 Å². The summed E-state index contributed by atoms with van der Waals surface area (Å²) in [7, 11) is 1.70. The van der Waals surface area contributed by atoms with Crippen molar-refractivity contribution in [3.63, 3.8) is 0 Å². The van der Waals surface area contributed by atoms with Crippen LogP contribution in [0.2, 0.25) is 0 Å². The van der Waals surface area contributed by atoms with E-state index in [9.17, 15) is 14.4 Å². The minimum atomic E-state index is -0.200. The molecule has 41 heavy (non-hydrogen) atoms. The summed E-state index contributed by atoms with van der Waals surface area (Å²) in [6.07, 6.45) is 19.2. The van der Waals surface area contributed by atoms with Crippen molar-refractivity contribution in [1.82, 2.24) is 20.4 Å². The number of nitrogens with one attached hydrogen (secondary N) is 2. The van der Waals surface area contributed by atoms with Gasteiger partial charge < -0.3 is 20.4 Å². The number of carbonyl (C=O) groups excluding carboxylic acids is 3. The molecular formula is C34H68N4O3. The number of piperidine rings is 1. The highest BCUT2D eigenvalue weighted by Crippen LogP contribution is 2.14. The highest BCUT2D eigenvalue weighted by Gasteiger charge is 2.22. The van der Waals surface area contributed by atoms with Gasteiger partial charge in [-0.15, -0.1) is 0 Å². The molecule has 0 bridgehead atoms. The lowest BCUT2D eigenvalue weighted by Crippen LogP contribution is -2.43. The van der Waals surface area contributed by atoms with Crippen molar-refractivity contribution in [2.24, 2.45) is 5.92 Å². The van der Waals surface area contributed by atoms with Gasteiger partial charge in [-0.25, -0.2) is 0 Å². The van der Waals surface area contributed by atoms with E-state index in [4.69, 9.17) is 0 Å². The largest absolute Gasteiger partial charge is 0.352 e. The molecule has 7 heteroatoms. The van der Waals surface area contributed by atoms with Crippen LogP contribution in [0, 0.1) is 5.92 Å². The number of likely N-dealkylation sites (tertiary alicyclic amines) is 1. The first kappa shape index (κ1) is 41.2. The van der Waals surface area contributed by atoms with Crippen LogP contribution < -0.4 is 10.6 Å². The third-order valence-electron chi connectivity index (χ3n) is 7.33. The predicted molar refractivity (Wildman–Crippen MR) is 176 cm³/mol. The van der Waals surface area contributed by atoms with Crippen molar-refractivity contribution < 1.29 is 14.4 Å². The molecular weight excluding hydrogens is 512 g/mol. The lowest BCUT2D eigenvalue weighted by atomic mass is 9.99. The average Bonchev–Trinajstić information content (AvgIpc) is 2.96. The van der Waals surface area contributed by atoms with E-state index >= 15 is 0 Å². The van der Waals surface area contributed by atoms with Crippen molar-refractivity contribution in [3.05, 3.63) is 11.6 Å². The van der Waals surface area contributed by atoms with E-state index in [2.05, 4.69) is 50.2 Å². The summed E-state index contributed by atoms with van der Waals surface area (Å²) >= 11 is 0. The Bertz CT molecular complexity index is 673. The number of nitrogens with zero attached hydrogens (tertiary/aromatic N) is 2. The molecule has 1 aliphatic heterocycles. The molecule has 2 N–H and O–H groups in total. The van der Waals surface area contributed by atoms with Gasteiger partial charge in [0.05, 0.1) is 12.6 Å². The molecule has 7 nitrogen and oxygen atoms in total. The lowest BCUT2D eigenvalue weighted by Gasteiger charge is -2.29. The molecule has 0 radical (unpaired) electrons. The van der Waals surface area contributed by atoms with E-state index in [1.165, 1.54) is 83.7 Å². The molecule has 242 valence electrons. The second-order valence-corrected chi connectivity index (χ2v) is 12.1. The maximum absolute atomic E-state index is 12.4. The maximum Gasteiger partial charge on any atom is 0.246 e. The second-order valence-electron chi connectivity index (χ2n) is 12.1. The van der Waals surface area contributed by atoms with Gasteiger partial charge in [0.2, 0.25) is 18.2 Å². The summed E-state index contributed by atoms with van der Waals surface area (Å²) < 4.78 is 0. The number of likely N-dealkylation sites (N-methyl/N-ethyl adjacent to an activating group) is 1. The van der Waals surface area contributed by atoms with Crippen molar-refractivity contribution in [1.29, 1.82) is 0 Å². The fourth-order valence-corrected chi connectivity index (χ4v) is 4.72. The molecule has 1 atom stereocenters. The SMILES string of the molecule is CC(C)N1CCCCC1.CCC.CCCCCCCCCCCNC(=O)/C(C)=C/[C@H](C(C)C)N(C)C(=O)CNC=O. The summed E-state index contributed by atoms with van der Waals surface area (Å²) in [5.41, 5.74) is 0.614. The van der Waals surface area contributed by atoms with Crippen LogP contribution in [0.3, 0.4) is 0 Å². The maximum atomic E-state index is 12.4. The van der Waals surface area contributed by atoms with Crippen LogP contribution in [0.15, 0.2) is 11.6 Å². The third kappa shape index (κ3) is 23.4. The van der Waals surface area contributed by atoms with Crippen LogP contribution in [0.4, 0.5) is 0 Å². The molecule has 0 aromatic carbocycles. The number of unbranched alkanes of at least 4 members (excludes halogenated alkanes) is 8. The first-order chi connectivity index (χ1) is 19.6. The molecule has 0 spiro atoms. The van der Waals surface area contributed by atoms with Crippen LogP contribution in [0.25, 0.3) is 0 Å². The van der Waals surface area contributed by atoms with Crippen LogP contribution >= 0.6 is 0 Å². The molecule has 0 aromatic heterocycles. The number of carbonyl (C=O) groups is 3. The first-order valence-corrected chi connectivity index (χ1v) is 16.7. The predicted octanol–water partition coefficient (Wildman–Crippen LogP) is 7.11. The lowest BCUT2D eigenvalue weighted by molar-refractivity contribution is -0.132. The Labute approximate surface area is 254 Å². The summed E-state index contributed by atoms with van der Waals surface area (Å²) in [5, 5.41) is 5.37. The van der Waals surface area contributed by atoms with Gasteiger partial charge in [0.15, 0.2) is 0 Å². The van der Waals surface area contributed by atoms with Gasteiger partial charge in [0.25, 0.3) is 0 Å². The normalized spacial score (nSPS) is 14.4. The fourth-order valence-electron chi connectivity index (χ4n) is 4.72. The molecule has 1 heterocycles. The molecule has 1 saturated heterocycles. The van der Waals surface area contributed by atoms with Gasteiger partial charge in [-0.1, -0.05) is 105 Å². The monoisotopic (exact) mass is 581 g/mol. The fraction of sp³-hybridized carbons (Fsp3) is 0.853. The Morgan fingerprint density at radius 3 is 1.80 bits per heavy atom. The average molecular weight is 581 g/mol. The van der Waals surface area contributed by atoms with Crippen LogP contribution in [-0.4, -0.2) is 73.3 Å². The minimum absolute atomic E-state index is 0.0408. The van der Waals surface area contributed by atoms with E-state index in [0.29, 0.717) is 18.5 Å². The van der Waals surface area contributed by atoms with E-state index in [-0.39, 0.29) is 30.3 Å². The Balaban J connectivity index is 0. The zero-order valence-electron chi connectivity index (χ0n) is 28.5. The Kier molecular flexibility index (Phi) is 28.4. The third-order valence-corrected chi connectivity index (χ3v) is 7.33. The standard InChI is InChI=1S/C23H43N3O3.C8H17N.C3H8/c1-6-7-8-9-10-11-12-13-14-15-25-23(29)20(4)16-21(19(2)3)26(5)22(28)17-24-18-27;1-8(2)9-6-4-3-5-7-9;1-3-2/h16,18-19,21H,6-15,17H2,1-5H3,(H,24,27)(H,25,29);8H,3-7H2,1-2H3;3H2,1-2H3/b20-16+;;/t21-;;/m1../s1. The van der Waals surface area contributed by atoms with Crippen LogP contribution in [0.1, 0.15) is 139 Å². The highest BCUT2D eigenvalue weighted by molar-refractivity contribution is 5.93. The molecule has 1 aliphatic rings. The van der Waals surface area contributed by atoms with Crippen molar-refractivity contribution in [2.75, 3.05) is 33.2 Å². The zero-order chi connectivity index (χ0) is 31.5. The number of rotatable bonds is 18. The van der Waals surface area contributed by atoms with Gasteiger partial charge in [-0.05, 0) is 59.0 Å². The van der Waals surface area contributed by atoms with E-state index < -0.39 is 0 Å². The number of hydrogen-bond acceptors (Lipinski definition) is 4. The van der Waals surface area contributed by atoms with Gasteiger partial charge in [-0.3, -0.25) is 14.4 Å². The van der Waals surface area contributed by atoms with Crippen LogP contribution in [-0.2, 0) is 14.4 Å². The Morgan fingerprint density at radius 1 is 0.854 bits per heavy atom. The van der Waals surface area contributed by atoms with E-state index in [1.807, 2.05) is 19.9 Å². The van der Waals surface area contributed by atoms with Crippen LogP contribution in [0.5, 0.6) is 0 Å². The summed E-state index contributed by atoms with van der Waals surface area (Å²) in [4.78, 5) is 39.0. The Hall–Kier alpha value is -1.89. The smallest absolute Gasteiger partial charge is 0.246 e. The minimum Gasteiger partial charge on any atom is -0.352 e. The molecule has 0 unspecified atom stereocenters. The van der Waals surface area contributed by atoms with E-state index in [0.717, 1.165) is 18.9 Å². The van der Waals surface area contributed by atoms with Gasteiger partial charge >= 0.3 is 0 Å². The second kappa shape index (κ2) is 28.2. The molecule has 0 aromatic rings. The van der Waals surface area contributed by atoms with E-state index in [1.54, 1.807) is 18.9 Å². The van der Waals surface area contributed by atoms with Gasteiger partial charge in [-0.2, -0.15) is 0 Å². The van der Waals surface area contributed by atoms with Gasteiger partial charge in [0, 0.05) is 25.2 Å². The summed E-state index contributed by atoms with van der Waals surface area (Å²) in [6, 6.07) is 0.569.